The standard InChI is InChI=1S/C17H18N4O2S/c1-9-13-15(19-10(2)12-7-5-6-8-18-12)20-11(3)21-16(13)24-14(9)17(22)23-4/h5-8,10H,1-4H3,(H,19,20,21)/t10-/m0/s1. The normalized spacial score (nSPS) is 12.2. The van der Waals surface area contributed by atoms with Gasteiger partial charge in [-0.3, -0.25) is 4.98 Å². The van der Waals surface area contributed by atoms with Crippen LogP contribution in [0.25, 0.3) is 10.2 Å². The zero-order chi connectivity index (χ0) is 17.3. The summed E-state index contributed by atoms with van der Waals surface area (Å²) in [5.74, 6) is 1.01. The first-order chi connectivity index (χ1) is 11.5. The Hall–Kier alpha value is -2.54. The van der Waals surface area contributed by atoms with Crippen molar-refractivity contribution in [1.29, 1.82) is 0 Å². The van der Waals surface area contributed by atoms with E-state index in [0.717, 1.165) is 21.5 Å². The molecule has 1 atom stereocenters. The predicted octanol–water partition coefficient (Wildman–Crippen LogP) is 3.66. The summed E-state index contributed by atoms with van der Waals surface area (Å²) in [7, 11) is 1.38. The van der Waals surface area contributed by atoms with E-state index in [1.54, 1.807) is 6.20 Å². The highest BCUT2D eigenvalue weighted by atomic mass is 32.1. The van der Waals surface area contributed by atoms with Crippen LogP contribution in [-0.4, -0.2) is 28.0 Å². The summed E-state index contributed by atoms with van der Waals surface area (Å²) in [6, 6.07) is 5.77. The van der Waals surface area contributed by atoms with Gasteiger partial charge in [0.1, 0.15) is 21.3 Å². The summed E-state index contributed by atoms with van der Waals surface area (Å²) in [6.07, 6.45) is 1.76. The number of anilines is 1. The Morgan fingerprint density at radius 1 is 1.29 bits per heavy atom. The number of ether oxygens (including phenoxy) is 1. The number of hydrogen-bond acceptors (Lipinski definition) is 7. The molecule has 3 rings (SSSR count). The van der Waals surface area contributed by atoms with Crippen LogP contribution in [0.15, 0.2) is 24.4 Å². The zero-order valence-corrected chi connectivity index (χ0v) is 14.8. The number of aryl methyl sites for hydroxylation is 2. The second-order valence-electron chi connectivity index (χ2n) is 5.47. The average molecular weight is 342 g/mol. The summed E-state index contributed by atoms with van der Waals surface area (Å²) in [5.41, 5.74) is 1.75. The van der Waals surface area contributed by atoms with Gasteiger partial charge in [-0.2, -0.15) is 0 Å². The Labute approximate surface area is 143 Å². The maximum absolute atomic E-state index is 12.0. The number of carbonyl (C=O) groups excluding carboxylic acids is 1. The first-order valence-corrected chi connectivity index (χ1v) is 8.36. The van der Waals surface area contributed by atoms with Crippen molar-refractivity contribution in [3.63, 3.8) is 0 Å². The van der Waals surface area contributed by atoms with Crippen molar-refractivity contribution in [2.45, 2.75) is 26.8 Å². The van der Waals surface area contributed by atoms with Crippen molar-refractivity contribution in [3.8, 4) is 0 Å². The van der Waals surface area contributed by atoms with Gasteiger partial charge >= 0.3 is 5.97 Å². The Kier molecular flexibility index (Phi) is 4.44. The first kappa shape index (κ1) is 16.3. The number of thiophene rings is 1. The average Bonchev–Trinajstić information content (AvgIpc) is 2.91. The lowest BCUT2D eigenvalue weighted by atomic mass is 10.1. The number of pyridine rings is 1. The van der Waals surface area contributed by atoms with E-state index in [-0.39, 0.29) is 12.0 Å². The molecule has 0 unspecified atom stereocenters. The lowest BCUT2D eigenvalue weighted by molar-refractivity contribution is 0.0605. The van der Waals surface area contributed by atoms with Crippen LogP contribution in [0.4, 0.5) is 5.82 Å². The molecule has 0 spiro atoms. The van der Waals surface area contributed by atoms with Crippen LogP contribution in [-0.2, 0) is 4.74 Å². The van der Waals surface area contributed by atoms with E-state index in [4.69, 9.17) is 4.74 Å². The highest BCUT2D eigenvalue weighted by Gasteiger charge is 2.21. The van der Waals surface area contributed by atoms with Crippen molar-refractivity contribution in [1.82, 2.24) is 15.0 Å². The molecule has 3 heterocycles. The van der Waals surface area contributed by atoms with E-state index < -0.39 is 0 Å². The van der Waals surface area contributed by atoms with Crippen LogP contribution < -0.4 is 5.32 Å². The molecule has 24 heavy (non-hydrogen) atoms. The van der Waals surface area contributed by atoms with Crippen molar-refractivity contribution >= 4 is 33.3 Å². The van der Waals surface area contributed by atoms with Crippen LogP contribution in [0.3, 0.4) is 0 Å². The number of aromatic nitrogens is 3. The molecule has 7 heteroatoms. The summed E-state index contributed by atoms with van der Waals surface area (Å²) in [5, 5.41) is 4.25. The fourth-order valence-electron chi connectivity index (χ4n) is 2.55. The minimum atomic E-state index is -0.350. The van der Waals surface area contributed by atoms with E-state index in [2.05, 4.69) is 20.3 Å². The van der Waals surface area contributed by atoms with Gasteiger partial charge in [-0.25, -0.2) is 14.8 Å². The molecule has 0 fully saturated rings. The molecule has 0 aliphatic rings. The lowest BCUT2D eigenvalue weighted by Gasteiger charge is -2.15. The minimum absolute atomic E-state index is 0.0235. The van der Waals surface area contributed by atoms with Gasteiger partial charge in [0, 0.05) is 6.20 Å². The van der Waals surface area contributed by atoms with Crippen molar-refractivity contribution in [3.05, 3.63) is 46.4 Å². The van der Waals surface area contributed by atoms with Gasteiger partial charge in [-0.15, -0.1) is 11.3 Å². The highest BCUT2D eigenvalue weighted by molar-refractivity contribution is 7.20. The van der Waals surface area contributed by atoms with E-state index in [9.17, 15) is 4.79 Å². The second kappa shape index (κ2) is 6.52. The SMILES string of the molecule is COC(=O)c1sc2nc(C)nc(N[C@@H](C)c3ccccn3)c2c1C. The molecule has 0 aromatic carbocycles. The molecular weight excluding hydrogens is 324 g/mol. The molecule has 3 aromatic heterocycles. The van der Waals surface area contributed by atoms with E-state index in [0.29, 0.717) is 16.5 Å². The lowest BCUT2D eigenvalue weighted by Crippen LogP contribution is -2.10. The second-order valence-corrected chi connectivity index (χ2v) is 6.47. The minimum Gasteiger partial charge on any atom is -0.465 e. The number of nitrogens with zero attached hydrogens (tertiary/aromatic N) is 3. The Bertz CT molecular complexity index is 892. The molecule has 0 aliphatic heterocycles. The van der Waals surface area contributed by atoms with Gasteiger partial charge in [0.05, 0.1) is 24.2 Å². The van der Waals surface area contributed by atoms with Crippen LogP contribution >= 0.6 is 11.3 Å². The van der Waals surface area contributed by atoms with E-state index in [1.165, 1.54) is 18.4 Å². The molecule has 1 N–H and O–H groups in total. The molecule has 124 valence electrons. The molecular formula is C17H18N4O2S. The molecule has 0 bridgehead atoms. The topological polar surface area (TPSA) is 77.0 Å². The van der Waals surface area contributed by atoms with Crippen LogP contribution in [0.1, 0.15) is 39.7 Å². The maximum atomic E-state index is 12.0. The van der Waals surface area contributed by atoms with Crippen molar-refractivity contribution < 1.29 is 9.53 Å². The van der Waals surface area contributed by atoms with Crippen LogP contribution in [0, 0.1) is 13.8 Å². The largest absolute Gasteiger partial charge is 0.465 e. The number of hydrogen-bond donors (Lipinski definition) is 1. The maximum Gasteiger partial charge on any atom is 0.348 e. The fraction of sp³-hybridized carbons (Fsp3) is 0.294. The van der Waals surface area contributed by atoms with Crippen LogP contribution in [0.2, 0.25) is 0 Å². The third-order valence-electron chi connectivity index (χ3n) is 3.76. The smallest absolute Gasteiger partial charge is 0.348 e. The van der Waals surface area contributed by atoms with E-state index in [1.807, 2.05) is 39.0 Å². The summed E-state index contributed by atoms with van der Waals surface area (Å²) >= 11 is 1.33. The molecule has 0 radical (unpaired) electrons. The number of rotatable bonds is 4. The fourth-order valence-corrected chi connectivity index (χ4v) is 3.69. The monoisotopic (exact) mass is 342 g/mol. The Morgan fingerprint density at radius 2 is 2.08 bits per heavy atom. The quantitative estimate of drug-likeness (QED) is 0.729. The summed E-state index contributed by atoms with van der Waals surface area (Å²) in [6.45, 7) is 5.75. The molecule has 0 aliphatic carbocycles. The van der Waals surface area contributed by atoms with Crippen molar-refractivity contribution in [2.75, 3.05) is 12.4 Å². The van der Waals surface area contributed by atoms with Crippen molar-refractivity contribution in [2.24, 2.45) is 0 Å². The van der Waals surface area contributed by atoms with Gasteiger partial charge in [0.15, 0.2) is 0 Å². The van der Waals surface area contributed by atoms with Gasteiger partial charge < -0.3 is 10.1 Å². The number of esters is 1. The number of carbonyl (C=O) groups is 1. The molecule has 3 aromatic rings. The van der Waals surface area contributed by atoms with Gasteiger partial charge in [-0.05, 0) is 38.5 Å². The molecule has 0 saturated carbocycles. The van der Waals surface area contributed by atoms with Crippen LogP contribution in [0.5, 0.6) is 0 Å². The third kappa shape index (κ3) is 2.94. The third-order valence-corrected chi connectivity index (χ3v) is 4.92. The highest BCUT2D eigenvalue weighted by Crippen LogP contribution is 2.35. The number of methoxy groups -OCH3 is 1. The summed E-state index contributed by atoms with van der Waals surface area (Å²) < 4.78 is 4.86. The number of fused-ring (bicyclic) bond motifs is 1. The molecule has 6 nitrogen and oxygen atoms in total. The Morgan fingerprint density at radius 3 is 2.75 bits per heavy atom. The molecule has 0 saturated heterocycles. The molecule has 0 amide bonds. The zero-order valence-electron chi connectivity index (χ0n) is 14.0. The van der Waals surface area contributed by atoms with Gasteiger partial charge in [0.2, 0.25) is 0 Å². The van der Waals surface area contributed by atoms with E-state index >= 15 is 0 Å². The summed E-state index contributed by atoms with van der Waals surface area (Å²) in [4.78, 5) is 26.6. The Balaban J connectivity index is 2.07. The first-order valence-electron chi connectivity index (χ1n) is 7.54. The van der Waals surface area contributed by atoms with Gasteiger partial charge in [0.25, 0.3) is 0 Å². The number of nitrogens with one attached hydrogen (secondary N) is 1. The predicted molar refractivity (Wildman–Crippen MR) is 94.5 cm³/mol. The van der Waals surface area contributed by atoms with Gasteiger partial charge in [-0.1, -0.05) is 6.07 Å².